The van der Waals surface area contributed by atoms with Gasteiger partial charge < -0.3 is 5.11 Å². The average molecular weight is 286 g/mol. The predicted molar refractivity (Wildman–Crippen MR) is 71.1 cm³/mol. The molecule has 1 atom stereocenters. The van der Waals surface area contributed by atoms with Gasteiger partial charge in [-0.3, -0.25) is 9.78 Å². The van der Waals surface area contributed by atoms with Gasteiger partial charge in [-0.1, -0.05) is 13.0 Å². The van der Waals surface area contributed by atoms with Crippen molar-refractivity contribution in [1.82, 2.24) is 9.71 Å². The third kappa shape index (κ3) is 6.30. The van der Waals surface area contributed by atoms with E-state index in [9.17, 15) is 13.2 Å². The van der Waals surface area contributed by atoms with Crippen LogP contribution in [0.15, 0.2) is 24.4 Å². The normalized spacial score (nSPS) is 13.1. The summed E-state index contributed by atoms with van der Waals surface area (Å²) < 4.78 is 25.7. The second-order valence-electron chi connectivity index (χ2n) is 4.31. The quantitative estimate of drug-likeness (QED) is 0.731. The zero-order valence-electron chi connectivity index (χ0n) is 10.7. The Bertz CT molecular complexity index is 502. The van der Waals surface area contributed by atoms with E-state index in [1.807, 2.05) is 0 Å². The summed E-state index contributed by atoms with van der Waals surface area (Å²) in [7, 11) is -3.38. The maximum atomic E-state index is 11.7. The average Bonchev–Trinajstić information content (AvgIpc) is 2.37. The monoisotopic (exact) mass is 286 g/mol. The van der Waals surface area contributed by atoms with Crippen LogP contribution >= 0.6 is 0 Å². The van der Waals surface area contributed by atoms with Crippen molar-refractivity contribution in [2.24, 2.45) is 5.92 Å². The van der Waals surface area contributed by atoms with Gasteiger partial charge in [0.25, 0.3) is 0 Å². The highest BCUT2D eigenvalue weighted by atomic mass is 32.2. The van der Waals surface area contributed by atoms with Gasteiger partial charge in [0.1, 0.15) is 0 Å². The van der Waals surface area contributed by atoms with Crippen LogP contribution < -0.4 is 4.72 Å². The molecule has 19 heavy (non-hydrogen) atoms. The molecule has 0 radical (unpaired) electrons. The van der Waals surface area contributed by atoms with Gasteiger partial charge >= 0.3 is 5.97 Å². The van der Waals surface area contributed by atoms with Crippen LogP contribution in [0, 0.1) is 5.92 Å². The lowest BCUT2D eigenvalue weighted by atomic mass is 10.1. The van der Waals surface area contributed by atoms with E-state index in [0.717, 1.165) is 0 Å². The highest BCUT2D eigenvalue weighted by Gasteiger charge is 2.14. The summed E-state index contributed by atoms with van der Waals surface area (Å²) in [5.74, 6) is -1.53. The molecule has 1 unspecified atom stereocenters. The summed E-state index contributed by atoms with van der Waals surface area (Å²) in [5, 5.41) is 8.68. The maximum absolute atomic E-state index is 11.7. The van der Waals surface area contributed by atoms with Crippen molar-refractivity contribution in [2.45, 2.75) is 19.8 Å². The van der Waals surface area contributed by atoms with Gasteiger partial charge in [0.05, 0.1) is 11.7 Å². The summed E-state index contributed by atoms with van der Waals surface area (Å²) in [6, 6.07) is 5.34. The first-order valence-corrected chi connectivity index (χ1v) is 7.66. The number of hydrogen-bond acceptors (Lipinski definition) is 4. The van der Waals surface area contributed by atoms with Crippen molar-refractivity contribution in [3.8, 4) is 0 Å². The Morgan fingerprint density at radius 3 is 2.79 bits per heavy atom. The van der Waals surface area contributed by atoms with E-state index in [1.54, 1.807) is 31.3 Å². The Morgan fingerprint density at radius 2 is 2.21 bits per heavy atom. The van der Waals surface area contributed by atoms with Crippen molar-refractivity contribution in [3.05, 3.63) is 30.1 Å². The number of carboxylic acids is 1. The molecule has 0 saturated heterocycles. The number of nitrogens with one attached hydrogen (secondary N) is 1. The van der Waals surface area contributed by atoms with Gasteiger partial charge in [0.15, 0.2) is 0 Å². The molecule has 7 heteroatoms. The minimum absolute atomic E-state index is 0.0501. The Hall–Kier alpha value is -1.47. The van der Waals surface area contributed by atoms with Crippen LogP contribution in [0.1, 0.15) is 19.0 Å². The van der Waals surface area contributed by atoms with Crippen molar-refractivity contribution < 1.29 is 18.3 Å². The number of carbonyl (C=O) groups is 1. The van der Waals surface area contributed by atoms with E-state index in [4.69, 9.17) is 5.11 Å². The van der Waals surface area contributed by atoms with E-state index < -0.39 is 21.9 Å². The number of hydrogen-bond donors (Lipinski definition) is 2. The summed E-state index contributed by atoms with van der Waals surface area (Å²) >= 11 is 0. The highest BCUT2D eigenvalue weighted by molar-refractivity contribution is 7.89. The van der Waals surface area contributed by atoms with E-state index in [2.05, 4.69) is 9.71 Å². The van der Waals surface area contributed by atoms with Gasteiger partial charge in [-0.2, -0.15) is 0 Å². The summed E-state index contributed by atoms with van der Waals surface area (Å²) in [5.41, 5.74) is 0.715. The molecule has 0 aliphatic carbocycles. The van der Waals surface area contributed by atoms with Crippen molar-refractivity contribution in [2.75, 3.05) is 12.3 Å². The molecule has 1 aromatic heterocycles. The van der Waals surface area contributed by atoms with Crippen LogP contribution in [0.25, 0.3) is 0 Å². The van der Waals surface area contributed by atoms with Gasteiger partial charge in [-0.05, 0) is 18.6 Å². The second kappa shape index (κ2) is 7.20. The van der Waals surface area contributed by atoms with E-state index in [-0.39, 0.29) is 18.7 Å². The molecular formula is C12H18N2O4S. The van der Waals surface area contributed by atoms with E-state index in [0.29, 0.717) is 12.1 Å². The molecule has 106 valence electrons. The number of aryl methyl sites for hydroxylation is 1. The lowest BCUT2D eigenvalue weighted by Crippen LogP contribution is -2.30. The zero-order valence-corrected chi connectivity index (χ0v) is 11.6. The molecule has 1 heterocycles. The number of carboxylic acid groups (broad SMARTS) is 1. The molecule has 0 bridgehead atoms. The number of nitrogens with zero attached hydrogens (tertiary/aromatic N) is 1. The molecule has 0 aliphatic rings. The molecule has 6 nitrogen and oxygen atoms in total. The topological polar surface area (TPSA) is 96.4 Å². The fourth-order valence-electron chi connectivity index (χ4n) is 1.41. The smallest absolute Gasteiger partial charge is 0.306 e. The largest absolute Gasteiger partial charge is 0.481 e. The highest BCUT2D eigenvalue weighted by Crippen LogP contribution is 2.01. The molecule has 0 amide bonds. The van der Waals surface area contributed by atoms with Crippen molar-refractivity contribution >= 4 is 16.0 Å². The van der Waals surface area contributed by atoms with Gasteiger partial charge in [0, 0.05) is 24.9 Å². The number of aliphatic carboxylic acids is 1. The minimum atomic E-state index is -3.38. The van der Waals surface area contributed by atoms with Crippen LogP contribution in [0.4, 0.5) is 0 Å². The molecule has 0 aromatic carbocycles. The fourth-order valence-corrected chi connectivity index (χ4v) is 2.46. The molecular weight excluding hydrogens is 268 g/mol. The first-order valence-electron chi connectivity index (χ1n) is 6.01. The Kier molecular flexibility index (Phi) is 5.91. The zero-order chi connectivity index (χ0) is 14.3. The second-order valence-corrected chi connectivity index (χ2v) is 6.24. The summed E-state index contributed by atoms with van der Waals surface area (Å²) in [6.45, 7) is 1.68. The molecule has 1 aromatic rings. The first-order chi connectivity index (χ1) is 8.91. The molecule has 0 spiro atoms. The number of sulfonamides is 1. The Labute approximate surface area is 112 Å². The third-order valence-corrected chi connectivity index (χ3v) is 4.06. The minimum Gasteiger partial charge on any atom is -0.481 e. The molecule has 0 fully saturated rings. The Balaban J connectivity index is 2.34. The van der Waals surface area contributed by atoms with Gasteiger partial charge in [-0.25, -0.2) is 13.1 Å². The molecule has 1 rings (SSSR count). The van der Waals surface area contributed by atoms with Crippen molar-refractivity contribution in [3.63, 3.8) is 0 Å². The van der Waals surface area contributed by atoms with Gasteiger partial charge in [0.2, 0.25) is 10.0 Å². The maximum Gasteiger partial charge on any atom is 0.306 e. The van der Waals surface area contributed by atoms with Gasteiger partial charge in [-0.15, -0.1) is 0 Å². The van der Waals surface area contributed by atoms with Crippen LogP contribution in [0.2, 0.25) is 0 Å². The lowest BCUT2D eigenvalue weighted by molar-refractivity contribution is -0.141. The van der Waals surface area contributed by atoms with Crippen LogP contribution in [0.5, 0.6) is 0 Å². The standard InChI is InChI=1S/C12H18N2O4S/c1-10(12(15)16)5-8-14-19(17,18)9-6-11-4-2-3-7-13-11/h2-4,7,10,14H,5-6,8-9H2,1H3,(H,15,16). The van der Waals surface area contributed by atoms with E-state index >= 15 is 0 Å². The first kappa shape index (κ1) is 15.6. The van der Waals surface area contributed by atoms with Crippen LogP contribution in [0.3, 0.4) is 0 Å². The number of pyridine rings is 1. The summed E-state index contributed by atoms with van der Waals surface area (Å²) in [4.78, 5) is 14.6. The molecule has 0 saturated carbocycles. The lowest BCUT2D eigenvalue weighted by Gasteiger charge is -2.08. The van der Waals surface area contributed by atoms with Crippen LogP contribution in [-0.2, 0) is 21.2 Å². The molecule has 2 N–H and O–H groups in total. The Morgan fingerprint density at radius 1 is 1.47 bits per heavy atom. The predicted octanol–water partition coefficient (Wildman–Crippen LogP) is 0.654. The fraction of sp³-hybridized carbons (Fsp3) is 0.500. The number of aromatic nitrogens is 1. The number of rotatable bonds is 8. The molecule has 0 aliphatic heterocycles. The SMILES string of the molecule is CC(CCNS(=O)(=O)CCc1ccccn1)C(=O)O. The third-order valence-electron chi connectivity index (χ3n) is 2.67. The van der Waals surface area contributed by atoms with Crippen molar-refractivity contribution in [1.29, 1.82) is 0 Å². The van der Waals surface area contributed by atoms with E-state index in [1.165, 1.54) is 0 Å². The van der Waals surface area contributed by atoms with Crippen LogP contribution in [-0.4, -0.2) is 36.8 Å². The summed E-state index contributed by atoms with van der Waals surface area (Å²) in [6.07, 6.45) is 2.23.